The smallest absolute Gasteiger partial charge is 0.0743 e. The molecule has 6 heteroatoms. The summed E-state index contributed by atoms with van der Waals surface area (Å²) in [4.78, 5) is 4.30. The minimum Gasteiger partial charge on any atom is -0.396 e. The van der Waals surface area contributed by atoms with Gasteiger partial charge in [-0.25, -0.2) is 0 Å². The van der Waals surface area contributed by atoms with Crippen LogP contribution in [-0.4, -0.2) is 27.2 Å². The number of hydrogen-bond acceptors (Lipinski definition) is 4. The Labute approximate surface area is 123 Å². The van der Waals surface area contributed by atoms with Crippen molar-refractivity contribution < 1.29 is 4.21 Å². The molecule has 0 aliphatic carbocycles. The summed E-state index contributed by atoms with van der Waals surface area (Å²) in [6.07, 6.45) is 3.35. The number of nitrogen functional groups attached to an aromatic ring is 1. The minimum atomic E-state index is -0.857. The van der Waals surface area contributed by atoms with E-state index in [4.69, 9.17) is 5.73 Å². The molecular formula is C13H16BrN3OS. The van der Waals surface area contributed by atoms with Crippen LogP contribution in [0.15, 0.2) is 28.9 Å². The van der Waals surface area contributed by atoms with Crippen LogP contribution in [0.25, 0.3) is 10.9 Å². The first-order valence-corrected chi connectivity index (χ1v) is 8.30. The third-order valence-electron chi connectivity index (χ3n) is 2.99. The van der Waals surface area contributed by atoms with Crippen molar-refractivity contribution in [1.29, 1.82) is 0 Å². The maximum Gasteiger partial charge on any atom is 0.0743 e. The highest BCUT2D eigenvalue weighted by Crippen LogP contribution is 2.30. The van der Waals surface area contributed by atoms with Crippen molar-refractivity contribution in [2.24, 2.45) is 0 Å². The van der Waals surface area contributed by atoms with Crippen molar-refractivity contribution in [3.05, 3.63) is 28.9 Å². The molecule has 102 valence electrons. The van der Waals surface area contributed by atoms with Gasteiger partial charge in [0, 0.05) is 38.7 Å². The van der Waals surface area contributed by atoms with E-state index >= 15 is 0 Å². The van der Waals surface area contributed by atoms with Crippen LogP contribution in [0, 0.1) is 0 Å². The summed E-state index contributed by atoms with van der Waals surface area (Å²) < 4.78 is 12.4. The van der Waals surface area contributed by atoms with Gasteiger partial charge in [0.1, 0.15) is 0 Å². The molecule has 1 heterocycles. The first kappa shape index (κ1) is 14.3. The fourth-order valence-electron chi connectivity index (χ4n) is 1.74. The lowest BCUT2D eigenvalue weighted by atomic mass is 10.1. The summed E-state index contributed by atoms with van der Waals surface area (Å²) in [6.45, 7) is 2.55. The lowest BCUT2D eigenvalue weighted by Crippen LogP contribution is -2.21. The number of hydrogen-bond donors (Lipinski definition) is 2. The molecule has 2 unspecified atom stereocenters. The van der Waals surface area contributed by atoms with Gasteiger partial charge in [0.25, 0.3) is 0 Å². The zero-order chi connectivity index (χ0) is 14.0. The molecule has 2 aromatic rings. The number of nitrogens with two attached hydrogens (primary N) is 1. The summed E-state index contributed by atoms with van der Waals surface area (Å²) in [6, 6.07) is 5.86. The van der Waals surface area contributed by atoms with Gasteiger partial charge < -0.3 is 11.1 Å². The molecule has 0 radical (unpaired) electrons. The molecule has 3 N–H and O–H groups in total. The van der Waals surface area contributed by atoms with Gasteiger partial charge in [-0.1, -0.05) is 15.9 Å². The van der Waals surface area contributed by atoms with E-state index < -0.39 is 10.8 Å². The first-order chi connectivity index (χ1) is 8.99. The van der Waals surface area contributed by atoms with E-state index in [9.17, 15) is 4.21 Å². The first-order valence-electron chi connectivity index (χ1n) is 5.89. The predicted octanol–water partition coefficient (Wildman–Crippen LogP) is 2.76. The fraction of sp³-hybridized carbons (Fsp3) is 0.308. The summed E-state index contributed by atoms with van der Waals surface area (Å²) in [7, 11) is -0.857. The van der Waals surface area contributed by atoms with Crippen LogP contribution in [0.1, 0.15) is 6.92 Å². The van der Waals surface area contributed by atoms with Crippen molar-refractivity contribution in [2.75, 3.05) is 23.9 Å². The number of aromatic nitrogens is 1. The van der Waals surface area contributed by atoms with Gasteiger partial charge in [-0.15, -0.1) is 0 Å². The normalized spacial score (nSPS) is 14.3. The fourth-order valence-corrected chi connectivity index (χ4v) is 2.42. The molecule has 0 fully saturated rings. The Morgan fingerprint density at radius 3 is 2.95 bits per heavy atom. The van der Waals surface area contributed by atoms with Crippen molar-refractivity contribution in [1.82, 2.24) is 4.98 Å². The highest BCUT2D eigenvalue weighted by molar-refractivity contribution is 9.10. The van der Waals surface area contributed by atoms with Gasteiger partial charge in [0.15, 0.2) is 0 Å². The average molecular weight is 342 g/mol. The van der Waals surface area contributed by atoms with E-state index in [-0.39, 0.29) is 5.25 Å². The van der Waals surface area contributed by atoms with E-state index in [1.807, 2.05) is 25.1 Å². The number of fused-ring (bicyclic) bond motifs is 1. The predicted molar refractivity (Wildman–Crippen MR) is 85.9 cm³/mol. The summed E-state index contributed by atoms with van der Waals surface area (Å²) >= 11 is 3.45. The third-order valence-corrected chi connectivity index (χ3v) is 4.79. The van der Waals surface area contributed by atoms with Gasteiger partial charge in [0.2, 0.25) is 0 Å². The molecule has 0 saturated heterocycles. The highest BCUT2D eigenvalue weighted by atomic mass is 79.9. The van der Waals surface area contributed by atoms with Crippen LogP contribution in [-0.2, 0) is 10.8 Å². The number of nitrogens with one attached hydrogen (secondary N) is 1. The van der Waals surface area contributed by atoms with Crippen LogP contribution in [0.3, 0.4) is 0 Å². The SMILES string of the molecule is CC(CNc1c(N)cnc2ccc(Br)cc12)S(C)=O. The Kier molecular flexibility index (Phi) is 4.42. The molecule has 2 rings (SSSR count). The Morgan fingerprint density at radius 1 is 1.53 bits per heavy atom. The summed E-state index contributed by atoms with van der Waals surface area (Å²) in [5.74, 6) is 0. The Balaban J connectivity index is 2.38. The molecule has 1 aromatic heterocycles. The second-order valence-electron chi connectivity index (χ2n) is 4.44. The second kappa shape index (κ2) is 5.88. The molecule has 0 bridgehead atoms. The average Bonchev–Trinajstić information content (AvgIpc) is 2.37. The molecular weight excluding hydrogens is 326 g/mol. The van der Waals surface area contributed by atoms with Crippen LogP contribution < -0.4 is 11.1 Å². The van der Waals surface area contributed by atoms with Crippen LogP contribution in [0.5, 0.6) is 0 Å². The molecule has 1 aromatic carbocycles. The number of halogens is 1. The molecule has 2 atom stereocenters. The van der Waals surface area contributed by atoms with Crippen molar-refractivity contribution in [3.63, 3.8) is 0 Å². The highest BCUT2D eigenvalue weighted by Gasteiger charge is 2.10. The van der Waals surface area contributed by atoms with Gasteiger partial charge >= 0.3 is 0 Å². The van der Waals surface area contributed by atoms with Crippen LogP contribution in [0.2, 0.25) is 0 Å². The van der Waals surface area contributed by atoms with Crippen LogP contribution >= 0.6 is 15.9 Å². The van der Waals surface area contributed by atoms with Crippen molar-refractivity contribution >= 4 is 49.0 Å². The van der Waals surface area contributed by atoms with E-state index in [0.29, 0.717) is 12.2 Å². The van der Waals surface area contributed by atoms with Gasteiger partial charge in [-0.05, 0) is 25.1 Å². The maximum atomic E-state index is 11.4. The number of anilines is 2. The number of nitrogens with zero attached hydrogens (tertiary/aromatic N) is 1. The molecule has 19 heavy (non-hydrogen) atoms. The Morgan fingerprint density at radius 2 is 2.26 bits per heavy atom. The second-order valence-corrected chi connectivity index (χ2v) is 7.16. The Bertz CT molecular complexity index is 627. The lowest BCUT2D eigenvalue weighted by molar-refractivity contribution is 0.679. The van der Waals surface area contributed by atoms with E-state index in [1.165, 1.54) is 0 Å². The zero-order valence-electron chi connectivity index (χ0n) is 10.8. The van der Waals surface area contributed by atoms with Gasteiger partial charge in [-0.2, -0.15) is 0 Å². The number of rotatable bonds is 4. The van der Waals surface area contributed by atoms with Gasteiger partial charge in [-0.3, -0.25) is 9.19 Å². The maximum absolute atomic E-state index is 11.4. The number of benzene rings is 1. The standard InChI is InChI=1S/C13H16BrN3OS/c1-8(19(2)18)6-17-13-10-5-9(14)3-4-12(10)16-7-11(13)15/h3-5,7-8H,6,15H2,1-2H3,(H,16,17). The van der Waals surface area contributed by atoms with Gasteiger partial charge in [0.05, 0.1) is 23.1 Å². The van der Waals surface area contributed by atoms with E-state index in [1.54, 1.807) is 12.5 Å². The number of pyridine rings is 1. The largest absolute Gasteiger partial charge is 0.396 e. The summed E-state index contributed by atoms with van der Waals surface area (Å²) in [5, 5.41) is 4.31. The topological polar surface area (TPSA) is 68.0 Å². The quantitative estimate of drug-likeness (QED) is 0.897. The summed E-state index contributed by atoms with van der Waals surface area (Å²) in [5.41, 5.74) is 8.31. The van der Waals surface area contributed by atoms with Crippen molar-refractivity contribution in [2.45, 2.75) is 12.2 Å². The third kappa shape index (κ3) is 3.25. The lowest BCUT2D eigenvalue weighted by Gasteiger charge is -2.15. The minimum absolute atomic E-state index is 0.0646. The molecule has 0 amide bonds. The molecule has 0 spiro atoms. The molecule has 4 nitrogen and oxygen atoms in total. The van der Waals surface area contributed by atoms with Crippen molar-refractivity contribution in [3.8, 4) is 0 Å². The van der Waals surface area contributed by atoms with E-state index in [0.717, 1.165) is 21.1 Å². The monoisotopic (exact) mass is 341 g/mol. The Hall–Kier alpha value is -1.14. The molecule has 0 aliphatic rings. The van der Waals surface area contributed by atoms with E-state index in [2.05, 4.69) is 26.2 Å². The van der Waals surface area contributed by atoms with Crippen LogP contribution in [0.4, 0.5) is 11.4 Å². The zero-order valence-corrected chi connectivity index (χ0v) is 13.2. The molecule has 0 saturated carbocycles. The molecule has 0 aliphatic heterocycles.